The molecular weight excluding hydrogens is 364 g/mol. The van der Waals surface area contributed by atoms with Crippen LogP contribution in [0.25, 0.3) is 0 Å². The first-order valence-corrected chi connectivity index (χ1v) is 10.2. The summed E-state index contributed by atoms with van der Waals surface area (Å²) >= 11 is 0. The molecule has 0 radical (unpaired) electrons. The van der Waals surface area contributed by atoms with Gasteiger partial charge in [0.05, 0.1) is 17.5 Å². The highest BCUT2D eigenvalue weighted by Gasteiger charge is 2.49. The number of hydrogen-bond donors (Lipinski definition) is 1. The Balaban J connectivity index is 1.52. The van der Waals surface area contributed by atoms with Crippen molar-refractivity contribution in [2.45, 2.75) is 40.0 Å². The molecule has 29 heavy (non-hydrogen) atoms. The Bertz CT molecular complexity index is 980. The van der Waals surface area contributed by atoms with Crippen LogP contribution in [0.1, 0.15) is 47.7 Å². The van der Waals surface area contributed by atoms with E-state index in [0.717, 1.165) is 36.1 Å². The quantitative estimate of drug-likeness (QED) is 0.786. The Kier molecular flexibility index (Phi) is 4.99. The average Bonchev–Trinajstić information content (AvgIpc) is 2.95. The topological polar surface area (TPSA) is 66.5 Å². The number of imide groups is 1. The van der Waals surface area contributed by atoms with Crippen LogP contribution in [0.2, 0.25) is 0 Å². The zero-order valence-corrected chi connectivity index (χ0v) is 17.1. The van der Waals surface area contributed by atoms with Gasteiger partial charge in [-0.1, -0.05) is 19.1 Å². The highest BCUT2D eigenvalue weighted by Crippen LogP contribution is 2.42. The molecule has 150 valence electrons. The third kappa shape index (κ3) is 3.46. The number of fused-ring (bicyclic) bond motifs is 1. The molecular formula is C24H26N2O3. The molecule has 2 aromatic carbocycles. The number of nitrogens with zero attached hydrogens (tertiary/aromatic N) is 1. The molecule has 5 nitrogen and oxygen atoms in total. The number of hydrogen-bond acceptors (Lipinski definition) is 3. The Morgan fingerprint density at radius 2 is 1.66 bits per heavy atom. The lowest BCUT2D eigenvalue weighted by atomic mass is 9.76. The van der Waals surface area contributed by atoms with Crippen LogP contribution in [0.3, 0.4) is 0 Å². The molecule has 4 rings (SSSR count). The van der Waals surface area contributed by atoms with Crippen molar-refractivity contribution in [1.82, 2.24) is 0 Å². The smallest absolute Gasteiger partial charge is 0.255 e. The number of carbonyl (C=O) groups excluding carboxylic acids is 3. The number of amides is 3. The maximum atomic E-state index is 12.9. The van der Waals surface area contributed by atoms with E-state index >= 15 is 0 Å². The molecule has 0 unspecified atom stereocenters. The number of nitrogens with one attached hydrogen (secondary N) is 1. The Morgan fingerprint density at radius 3 is 2.38 bits per heavy atom. The number of benzene rings is 2. The summed E-state index contributed by atoms with van der Waals surface area (Å²) in [6.07, 6.45) is 2.55. The fourth-order valence-corrected chi connectivity index (χ4v) is 4.49. The van der Waals surface area contributed by atoms with Crippen LogP contribution in [0.15, 0.2) is 42.5 Å². The lowest BCUT2D eigenvalue weighted by Gasteiger charge is -2.25. The van der Waals surface area contributed by atoms with Crippen molar-refractivity contribution in [1.29, 1.82) is 0 Å². The fourth-order valence-electron chi connectivity index (χ4n) is 4.49. The maximum Gasteiger partial charge on any atom is 0.255 e. The highest BCUT2D eigenvalue weighted by atomic mass is 16.2. The molecule has 1 aliphatic carbocycles. The van der Waals surface area contributed by atoms with Gasteiger partial charge in [0.1, 0.15) is 0 Å². The van der Waals surface area contributed by atoms with Gasteiger partial charge in [-0.25, -0.2) is 0 Å². The van der Waals surface area contributed by atoms with Crippen LogP contribution in [-0.4, -0.2) is 17.7 Å². The summed E-state index contributed by atoms with van der Waals surface area (Å²) in [6, 6.07) is 12.5. The molecule has 1 saturated carbocycles. The molecule has 5 heteroatoms. The monoisotopic (exact) mass is 390 g/mol. The predicted molar refractivity (Wildman–Crippen MR) is 113 cm³/mol. The third-order valence-corrected chi connectivity index (χ3v) is 6.43. The molecule has 1 N–H and O–H groups in total. The van der Waals surface area contributed by atoms with Crippen molar-refractivity contribution < 1.29 is 14.4 Å². The van der Waals surface area contributed by atoms with E-state index in [1.807, 2.05) is 32.0 Å². The predicted octanol–water partition coefficient (Wildman–Crippen LogP) is 4.48. The lowest BCUT2D eigenvalue weighted by Crippen LogP contribution is -2.30. The molecule has 3 atom stereocenters. The van der Waals surface area contributed by atoms with Crippen LogP contribution >= 0.6 is 0 Å². The van der Waals surface area contributed by atoms with E-state index in [4.69, 9.17) is 0 Å². The summed E-state index contributed by atoms with van der Waals surface area (Å²) in [6.45, 7) is 6.11. The Labute approximate surface area is 171 Å². The van der Waals surface area contributed by atoms with E-state index in [2.05, 4.69) is 12.2 Å². The normalized spacial score (nSPS) is 23.8. The summed E-state index contributed by atoms with van der Waals surface area (Å²) in [4.78, 5) is 39.6. The second-order valence-corrected chi connectivity index (χ2v) is 8.39. The van der Waals surface area contributed by atoms with Crippen molar-refractivity contribution in [2.24, 2.45) is 17.8 Å². The molecule has 1 heterocycles. The molecule has 1 aliphatic heterocycles. The van der Waals surface area contributed by atoms with E-state index in [1.165, 1.54) is 4.90 Å². The summed E-state index contributed by atoms with van der Waals surface area (Å²) < 4.78 is 0. The fraction of sp³-hybridized carbons (Fsp3) is 0.375. The van der Waals surface area contributed by atoms with Gasteiger partial charge in [0.15, 0.2) is 0 Å². The third-order valence-electron chi connectivity index (χ3n) is 6.43. The Hall–Kier alpha value is -2.95. The van der Waals surface area contributed by atoms with Crippen LogP contribution in [0.4, 0.5) is 11.4 Å². The van der Waals surface area contributed by atoms with Gasteiger partial charge in [-0.3, -0.25) is 19.3 Å². The van der Waals surface area contributed by atoms with Gasteiger partial charge in [0.2, 0.25) is 11.8 Å². The second kappa shape index (κ2) is 7.47. The van der Waals surface area contributed by atoms with Crippen LogP contribution in [-0.2, 0) is 9.59 Å². The van der Waals surface area contributed by atoms with E-state index in [1.54, 1.807) is 24.3 Å². The molecule has 1 saturated heterocycles. The van der Waals surface area contributed by atoms with Gasteiger partial charge < -0.3 is 5.32 Å². The van der Waals surface area contributed by atoms with Crippen molar-refractivity contribution in [3.05, 3.63) is 59.2 Å². The van der Waals surface area contributed by atoms with Crippen LogP contribution in [0.5, 0.6) is 0 Å². The summed E-state index contributed by atoms with van der Waals surface area (Å²) in [5.74, 6) is -0.320. The lowest BCUT2D eigenvalue weighted by molar-refractivity contribution is -0.122. The molecule has 0 spiro atoms. The molecule has 0 bridgehead atoms. The largest absolute Gasteiger partial charge is 0.322 e. The number of rotatable bonds is 3. The first-order chi connectivity index (χ1) is 13.9. The summed E-state index contributed by atoms with van der Waals surface area (Å²) in [7, 11) is 0. The minimum absolute atomic E-state index is 0.0977. The second-order valence-electron chi connectivity index (χ2n) is 8.39. The van der Waals surface area contributed by atoms with Crippen molar-refractivity contribution >= 4 is 29.1 Å². The molecule has 2 aromatic rings. The highest BCUT2D eigenvalue weighted by molar-refractivity contribution is 6.22. The zero-order chi connectivity index (χ0) is 20.7. The van der Waals surface area contributed by atoms with Gasteiger partial charge >= 0.3 is 0 Å². The molecule has 0 aromatic heterocycles. The first-order valence-electron chi connectivity index (χ1n) is 10.2. The van der Waals surface area contributed by atoms with Gasteiger partial charge in [0, 0.05) is 11.3 Å². The van der Waals surface area contributed by atoms with Crippen LogP contribution < -0.4 is 10.2 Å². The van der Waals surface area contributed by atoms with Gasteiger partial charge in [-0.2, -0.15) is 0 Å². The van der Waals surface area contributed by atoms with Gasteiger partial charge in [-0.15, -0.1) is 0 Å². The van der Waals surface area contributed by atoms with Gasteiger partial charge in [0.25, 0.3) is 5.91 Å². The SMILES string of the molecule is Cc1cccc(NC(=O)c2ccc(N3C(=O)[C@H]4CC[C@H](C)C[C@@H]4C3=O)cc2)c1C. The molecule has 2 fully saturated rings. The maximum absolute atomic E-state index is 12.9. The summed E-state index contributed by atoms with van der Waals surface area (Å²) in [5, 5.41) is 2.93. The van der Waals surface area contributed by atoms with E-state index < -0.39 is 0 Å². The van der Waals surface area contributed by atoms with Crippen molar-refractivity contribution in [3.63, 3.8) is 0 Å². The Morgan fingerprint density at radius 1 is 0.966 bits per heavy atom. The van der Waals surface area contributed by atoms with E-state index in [-0.39, 0.29) is 29.6 Å². The zero-order valence-electron chi connectivity index (χ0n) is 17.1. The summed E-state index contributed by atoms with van der Waals surface area (Å²) in [5.41, 5.74) is 3.95. The van der Waals surface area contributed by atoms with Gasteiger partial charge in [-0.05, 0) is 80.5 Å². The van der Waals surface area contributed by atoms with E-state index in [9.17, 15) is 14.4 Å². The minimum atomic E-state index is -0.216. The number of carbonyl (C=O) groups is 3. The molecule has 3 amide bonds. The minimum Gasteiger partial charge on any atom is -0.322 e. The standard InChI is InChI=1S/C24H26N2O3/c1-14-7-12-19-20(13-14)24(29)26(23(19)28)18-10-8-17(9-11-18)22(27)25-21-6-4-5-15(2)16(21)3/h4-6,8-11,14,19-20H,7,12-13H2,1-3H3,(H,25,27)/t14-,19-,20-/m0/s1. The number of anilines is 2. The average molecular weight is 390 g/mol. The van der Waals surface area contributed by atoms with Crippen LogP contribution in [0, 0.1) is 31.6 Å². The first kappa shape index (κ1) is 19.4. The van der Waals surface area contributed by atoms with Crippen molar-refractivity contribution in [2.75, 3.05) is 10.2 Å². The number of aryl methyl sites for hydroxylation is 1. The van der Waals surface area contributed by atoms with Crippen molar-refractivity contribution in [3.8, 4) is 0 Å². The molecule has 2 aliphatic rings. The van der Waals surface area contributed by atoms with E-state index in [0.29, 0.717) is 17.2 Å².